The highest BCUT2D eigenvalue weighted by atomic mass is 35.5. The highest BCUT2D eigenvalue weighted by Crippen LogP contribution is 2.21. The lowest BCUT2D eigenvalue weighted by Crippen LogP contribution is -2.42. The summed E-state index contributed by atoms with van der Waals surface area (Å²) in [6.45, 7) is 0.0168. The van der Waals surface area contributed by atoms with Gasteiger partial charge < -0.3 is 4.57 Å². The van der Waals surface area contributed by atoms with Crippen molar-refractivity contribution >= 4 is 29.9 Å². The molecule has 3 amide bonds. The van der Waals surface area contributed by atoms with Crippen molar-refractivity contribution < 1.29 is 14.0 Å². The highest BCUT2D eigenvalue weighted by molar-refractivity contribution is 6.30. The number of carbonyl (C=O) groups is 2. The van der Waals surface area contributed by atoms with Crippen LogP contribution < -0.4 is 4.90 Å². The Morgan fingerprint density at radius 1 is 1.40 bits per heavy atom. The van der Waals surface area contributed by atoms with E-state index in [9.17, 15) is 14.0 Å². The standard InChI is InChI=1S/C17H16ClFN4O2/c1-21-15(18)5-6-16(21)22(2)17(25)23(11-24)8-7-12-9-14(19)4-3-13(12)10-20/h3-6,9,11H,7-8H2,1-2H3. The maximum Gasteiger partial charge on any atom is 0.331 e. The largest absolute Gasteiger partial charge is 0.331 e. The van der Waals surface area contributed by atoms with Crippen LogP contribution in [0.2, 0.25) is 5.15 Å². The minimum Gasteiger partial charge on any atom is -0.321 e. The van der Waals surface area contributed by atoms with Crippen LogP contribution in [0.15, 0.2) is 30.3 Å². The molecule has 130 valence electrons. The van der Waals surface area contributed by atoms with Gasteiger partial charge in [0.25, 0.3) is 0 Å². The third kappa shape index (κ3) is 3.98. The molecule has 2 aromatic rings. The lowest BCUT2D eigenvalue weighted by Gasteiger charge is -2.24. The number of benzene rings is 1. The van der Waals surface area contributed by atoms with Crippen molar-refractivity contribution in [2.24, 2.45) is 7.05 Å². The van der Waals surface area contributed by atoms with E-state index in [1.807, 2.05) is 6.07 Å². The van der Waals surface area contributed by atoms with E-state index in [0.29, 0.717) is 28.5 Å². The van der Waals surface area contributed by atoms with Crippen molar-refractivity contribution in [3.8, 4) is 6.07 Å². The van der Waals surface area contributed by atoms with Crippen LogP contribution >= 0.6 is 11.6 Å². The van der Waals surface area contributed by atoms with Gasteiger partial charge in [0.05, 0.1) is 11.6 Å². The summed E-state index contributed by atoms with van der Waals surface area (Å²) in [6.07, 6.45) is 0.585. The lowest BCUT2D eigenvalue weighted by molar-refractivity contribution is -0.115. The molecule has 0 aliphatic carbocycles. The Morgan fingerprint density at radius 2 is 2.12 bits per heavy atom. The second kappa shape index (κ2) is 7.81. The number of nitrogens with zero attached hydrogens (tertiary/aromatic N) is 4. The number of halogens is 2. The molecule has 0 N–H and O–H groups in total. The molecule has 0 aliphatic heterocycles. The van der Waals surface area contributed by atoms with Crippen LogP contribution in [0.4, 0.5) is 15.0 Å². The van der Waals surface area contributed by atoms with Gasteiger partial charge in [0.2, 0.25) is 6.41 Å². The zero-order chi connectivity index (χ0) is 18.6. The molecule has 1 aromatic carbocycles. The molecular weight excluding hydrogens is 347 g/mol. The Balaban J connectivity index is 2.13. The van der Waals surface area contributed by atoms with Crippen molar-refractivity contribution in [3.05, 3.63) is 52.4 Å². The Labute approximate surface area is 149 Å². The van der Waals surface area contributed by atoms with Crippen molar-refractivity contribution in [2.75, 3.05) is 18.5 Å². The predicted molar refractivity (Wildman–Crippen MR) is 91.8 cm³/mol. The molecule has 0 radical (unpaired) electrons. The average Bonchev–Trinajstić information content (AvgIpc) is 2.94. The summed E-state index contributed by atoms with van der Waals surface area (Å²) >= 11 is 5.96. The number of nitriles is 1. The summed E-state index contributed by atoms with van der Waals surface area (Å²) in [5.41, 5.74) is 0.744. The van der Waals surface area contributed by atoms with Crippen molar-refractivity contribution in [1.82, 2.24) is 9.47 Å². The number of carbonyl (C=O) groups excluding carboxylic acids is 2. The van der Waals surface area contributed by atoms with Crippen molar-refractivity contribution in [3.63, 3.8) is 0 Å². The van der Waals surface area contributed by atoms with Crippen LogP contribution in [0.25, 0.3) is 0 Å². The lowest BCUT2D eigenvalue weighted by atomic mass is 10.1. The van der Waals surface area contributed by atoms with E-state index in [0.717, 1.165) is 4.90 Å². The van der Waals surface area contributed by atoms with Crippen LogP contribution in [0, 0.1) is 17.1 Å². The van der Waals surface area contributed by atoms with E-state index >= 15 is 0 Å². The van der Waals surface area contributed by atoms with Crippen LogP contribution in [0.5, 0.6) is 0 Å². The van der Waals surface area contributed by atoms with E-state index in [4.69, 9.17) is 16.9 Å². The van der Waals surface area contributed by atoms with E-state index in [1.165, 1.54) is 30.1 Å². The molecule has 6 nitrogen and oxygen atoms in total. The summed E-state index contributed by atoms with van der Waals surface area (Å²) in [5.74, 6) is 0.0406. The number of hydrogen-bond acceptors (Lipinski definition) is 3. The van der Waals surface area contributed by atoms with Gasteiger partial charge in [-0.3, -0.25) is 14.6 Å². The van der Waals surface area contributed by atoms with Crippen molar-refractivity contribution in [1.29, 1.82) is 5.26 Å². The van der Waals surface area contributed by atoms with Crippen LogP contribution in [-0.4, -0.2) is 35.5 Å². The third-order valence-electron chi connectivity index (χ3n) is 3.85. The molecular formula is C17H16ClFN4O2. The van der Waals surface area contributed by atoms with Gasteiger partial charge in [0, 0.05) is 20.6 Å². The normalized spacial score (nSPS) is 10.2. The Hall–Kier alpha value is -2.85. The van der Waals surface area contributed by atoms with Gasteiger partial charge in [-0.2, -0.15) is 5.26 Å². The van der Waals surface area contributed by atoms with E-state index in [-0.39, 0.29) is 13.0 Å². The molecule has 1 aromatic heterocycles. The molecule has 0 unspecified atom stereocenters. The monoisotopic (exact) mass is 362 g/mol. The molecule has 0 saturated heterocycles. The van der Waals surface area contributed by atoms with E-state index in [2.05, 4.69) is 0 Å². The molecule has 0 spiro atoms. The van der Waals surface area contributed by atoms with Gasteiger partial charge in [0.1, 0.15) is 16.8 Å². The summed E-state index contributed by atoms with van der Waals surface area (Å²) in [7, 11) is 3.21. The number of hydrogen-bond donors (Lipinski definition) is 0. The molecule has 0 atom stereocenters. The average molecular weight is 363 g/mol. The Bertz CT molecular complexity index is 844. The second-order valence-electron chi connectivity index (χ2n) is 5.38. The number of amides is 3. The fourth-order valence-corrected chi connectivity index (χ4v) is 2.57. The SMILES string of the molecule is CN(C(=O)N(C=O)CCc1cc(F)ccc1C#N)c1ccc(Cl)n1C. The topological polar surface area (TPSA) is 69.3 Å². The Morgan fingerprint density at radius 3 is 2.68 bits per heavy atom. The van der Waals surface area contributed by atoms with Crippen LogP contribution in [0.3, 0.4) is 0 Å². The zero-order valence-corrected chi connectivity index (χ0v) is 14.5. The molecule has 0 fully saturated rings. The second-order valence-corrected chi connectivity index (χ2v) is 5.76. The number of rotatable bonds is 5. The Kier molecular flexibility index (Phi) is 5.78. The first-order valence-electron chi connectivity index (χ1n) is 7.38. The predicted octanol–water partition coefficient (Wildman–Crippen LogP) is 2.95. The molecule has 2 rings (SSSR count). The minimum absolute atomic E-state index is 0.0168. The molecule has 8 heteroatoms. The summed E-state index contributed by atoms with van der Waals surface area (Å²) in [5, 5.41) is 9.51. The molecule has 25 heavy (non-hydrogen) atoms. The number of anilines is 1. The summed E-state index contributed by atoms with van der Waals surface area (Å²) < 4.78 is 15.0. The first-order valence-corrected chi connectivity index (χ1v) is 7.76. The highest BCUT2D eigenvalue weighted by Gasteiger charge is 2.21. The quantitative estimate of drug-likeness (QED) is 0.768. The van der Waals surface area contributed by atoms with Gasteiger partial charge in [-0.15, -0.1) is 0 Å². The summed E-state index contributed by atoms with van der Waals surface area (Å²) in [6, 6.07) is 8.50. The molecule has 0 saturated carbocycles. The van der Waals surface area contributed by atoms with Gasteiger partial charge in [-0.25, -0.2) is 9.18 Å². The fraction of sp³-hybridized carbons (Fsp3) is 0.235. The number of urea groups is 1. The minimum atomic E-state index is -0.553. The molecule has 0 bridgehead atoms. The maximum atomic E-state index is 13.4. The van der Waals surface area contributed by atoms with Crippen LogP contribution in [0.1, 0.15) is 11.1 Å². The van der Waals surface area contributed by atoms with E-state index < -0.39 is 11.8 Å². The van der Waals surface area contributed by atoms with Gasteiger partial charge >= 0.3 is 6.03 Å². The maximum absolute atomic E-state index is 13.4. The molecule has 1 heterocycles. The van der Waals surface area contributed by atoms with Gasteiger partial charge in [-0.05, 0) is 42.3 Å². The first-order chi connectivity index (χ1) is 11.9. The smallest absolute Gasteiger partial charge is 0.321 e. The van der Waals surface area contributed by atoms with Crippen LogP contribution in [-0.2, 0) is 18.3 Å². The van der Waals surface area contributed by atoms with Gasteiger partial charge in [-0.1, -0.05) is 11.6 Å². The van der Waals surface area contributed by atoms with E-state index in [1.54, 1.807) is 23.7 Å². The van der Waals surface area contributed by atoms with Crippen molar-refractivity contribution in [2.45, 2.75) is 6.42 Å². The zero-order valence-electron chi connectivity index (χ0n) is 13.7. The first kappa shape index (κ1) is 18.5. The third-order valence-corrected chi connectivity index (χ3v) is 4.23. The van der Waals surface area contributed by atoms with Gasteiger partial charge in [0.15, 0.2) is 0 Å². The number of aromatic nitrogens is 1. The molecule has 0 aliphatic rings. The fourth-order valence-electron chi connectivity index (χ4n) is 2.42. The number of imide groups is 1. The summed E-state index contributed by atoms with van der Waals surface area (Å²) in [4.78, 5) is 26.1.